The molecule has 6 nitrogen and oxygen atoms in total. The van der Waals surface area contributed by atoms with Crippen molar-refractivity contribution < 1.29 is 4.74 Å². The van der Waals surface area contributed by atoms with E-state index in [2.05, 4.69) is 52.6 Å². The Labute approximate surface area is 197 Å². The summed E-state index contributed by atoms with van der Waals surface area (Å²) in [6, 6.07) is 12.8. The highest BCUT2D eigenvalue weighted by molar-refractivity contribution is 14.0. The zero-order chi connectivity index (χ0) is 20.5. The third-order valence-corrected chi connectivity index (χ3v) is 5.11. The first kappa shape index (κ1) is 24.2. The van der Waals surface area contributed by atoms with Gasteiger partial charge >= 0.3 is 0 Å². The summed E-state index contributed by atoms with van der Waals surface area (Å²) in [5.41, 5.74) is 2.34. The Kier molecular flexibility index (Phi) is 10.2. The van der Waals surface area contributed by atoms with Crippen LogP contribution in [0.2, 0.25) is 0 Å². The molecule has 0 radical (unpaired) electrons. The molecule has 164 valence electrons. The van der Waals surface area contributed by atoms with Gasteiger partial charge in [0.05, 0.1) is 13.2 Å². The van der Waals surface area contributed by atoms with E-state index in [0.29, 0.717) is 19.2 Å². The van der Waals surface area contributed by atoms with Crippen molar-refractivity contribution in [2.75, 3.05) is 31.1 Å². The minimum absolute atomic E-state index is 0. The van der Waals surface area contributed by atoms with Gasteiger partial charge in [0, 0.05) is 31.9 Å². The van der Waals surface area contributed by atoms with Gasteiger partial charge in [-0.2, -0.15) is 0 Å². The smallest absolute Gasteiger partial charge is 0.191 e. The number of aliphatic imine (C=N–C) groups is 1. The summed E-state index contributed by atoms with van der Waals surface area (Å²) in [4.78, 5) is 11.6. The van der Waals surface area contributed by atoms with Gasteiger partial charge in [0.1, 0.15) is 11.6 Å². The molecule has 7 heteroatoms. The number of pyridine rings is 1. The molecule has 0 unspecified atom stereocenters. The number of hydrogen-bond donors (Lipinski definition) is 2. The molecule has 0 atom stereocenters. The van der Waals surface area contributed by atoms with Crippen LogP contribution in [0.1, 0.15) is 37.8 Å². The number of piperidine rings is 1. The van der Waals surface area contributed by atoms with Crippen molar-refractivity contribution in [2.24, 2.45) is 4.99 Å². The van der Waals surface area contributed by atoms with Gasteiger partial charge in [-0.05, 0) is 62.9 Å². The van der Waals surface area contributed by atoms with E-state index in [4.69, 9.17) is 9.73 Å². The molecule has 0 aliphatic carbocycles. The van der Waals surface area contributed by atoms with Crippen LogP contribution in [0.25, 0.3) is 0 Å². The van der Waals surface area contributed by atoms with E-state index in [9.17, 15) is 0 Å². The maximum Gasteiger partial charge on any atom is 0.191 e. The fourth-order valence-electron chi connectivity index (χ4n) is 3.60. The molecule has 1 fully saturated rings. The third-order valence-electron chi connectivity index (χ3n) is 5.11. The highest BCUT2D eigenvalue weighted by atomic mass is 127. The van der Waals surface area contributed by atoms with Gasteiger partial charge in [0.15, 0.2) is 5.96 Å². The van der Waals surface area contributed by atoms with Gasteiger partial charge in [-0.25, -0.2) is 9.98 Å². The van der Waals surface area contributed by atoms with Crippen molar-refractivity contribution in [2.45, 2.75) is 46.2 Å². The summed E-state index contributed by atoms with van der Waals surface area (Å²) in [7, 11) is 0. The van der Waals surface area contributed by atoms with Crippen LogP contribution in [0.15, 0.2) is 47.6 Å². The van der Waals surface area contributed by atoms with Crippen molar-refractivity contribution in [1.82, 2.24) is 15.6 Å². The number of anilines is 1. The Morgan fingerprint density at radius 2 is 2.00 bits per heavy atom. The quantitative estimate of drug-likeness (QED) is 0.325. The Bertz CT molecular complexity index is 791. The minimum Gasteiger partial charge on any atom is -0.494 e. The molecular formula is C23H34IN5O. The predicted molar refractivity (Wildman–Crippen MR) is 135 cm³/mol. The highest BCUT2D eigenvalue weighted by Gasteiger charge is 2.20. The topological polar surface area (TPSA) is 61.8 Å². The van der Waals surface area contributed by atoms with E-state index in [1.165, 1.54) is 5.56 Å². The summed E-state index contributed by atoms with van der Waals surface area (Å²) in [5, 5.41) is 6.99. The Balaban J connectivity index is 0.00000320. The number of nitrogens with one attached hydrogen (secondary N) is 2. The van der Waals surface area contributed by atoms with Crippen molar-refractivity contribution in [3.8, 4) is 5.75 Å². The Hall–Kier alpha value is -2.03. The molecule has 2 heterocycles. The molecule has 1 aromatic heterocycles. The predicted octanol–water partition coefficient (Wildman–Crippen LogP) is 4.13. The zero-order valence-corrected chi connectivity index (χ0v) is 20.6. The number of aromatic nitrogens is 1. The van der Waals surface area contributed by atoms with E-state index < -0.39 is 0 Å². The second-order valence-corrected chi connectivity index (χ2v) is 7.32. The second-order valence-electron chi connectivity index (χ2n) is 7.32. The van der Waals surface area contributed by atoms with Crippen molar-refractivity contribution in [1.29, 1.82) is 0 Å². The molecule has 0 spiro atoms. The number of guanidine groups is 1. The number of ether oxygens (including phenoxy) is 1. The second kappa shape index (κ2) is 12.6. The van der Waals surface area contributed by atoms with Crippen molar-refractivity contribution in [3.05, 3.63) is 53.7 Å². The van der Waals surface area contributed by atoms with Crippen LogP contribution < -0.4 is 20.3 Å². The summed E-state index contributed by atoms with van der Waals surface area (Å²) >= 11 is 0. The van der Waals surface area contributed by atoms with Gasteiger partial charge in [-0.3, -0.25) is 0 Å². The first-order valence-electron chi connectivity index (χ1n) is 10.6. The van der Waals surface area contributed by atoms with Gasteiger partial charge in [-0.1, -0.05) is 18.2 Å². The maximum absolute atomic E-state index is 5.63. The van der Waals surface area contributed by atoms with E-state index in [1.54, 1.807) is 0 Å². The standard InChI is InChI=1S/C23H33N5O.HI/c1-4-24-23(26-17-19-9-10-21(29-5-2)18(3)16-19)27-20-11-14-28(15-12-20)22-8-6-7-13-25-22;/h6-10,13,16,20H,4-5,11-12,14-15,17H2,1-3H3,(H2,24,26,27);1H. The number of rotatable bonds is 7. The van der Waals surface area contributed by atoms with Gasteiger partial charge in [0.25, 0.3) is 0 Å². The highest BCUT2D eigenvalue weighted by Crippen LogP contribution is 2.20. The molecule has 0 bridgehead atoms. The van der Waals surface area contributed by atoms with Crippen LogP contribution in [-0.2, 0) is 6.54 Å². The van der Waals surface area contributed by atoms with Crippen LogP contribution >= 0.6 is 24.0 Å². The molecule has 2 aromatic rings. The van der Waals surface area contributed by atoms with Crippen LogP contribution in [0.3, 0.4) is 0 Å². The lowest BCUT2D eigenvalue weighted by atomic mass is 10.1. The molecule has 1 aromatic carbocycles. The molecular weight excluding hydrogens is 489 g/mol. The molecule has 3 rings (SSSR count). The summed E-state index contributed by atoms with van der Waals surface area (Å²) in [6.45, 7) is 10.4. The normalized spacial score (nSPS) is 14.8. The Morgan fingerprint density at radius 3 is 2.63 bits per heavy atom. The van der Waals surface area contributed by atoms with Gasteiger partial charge in [-0.15, -0.1) is 24.0 Å². The van der Waals surface area contributed by atoms with E-state index >= 15 is 0 Å². The zero-order valence-electron chi connectivity index (χ0n) is 18.2. The number of nitrogens with zero attached hydrogens (tertiary/aromatic N) is 3. The molecule has 2 N–H and O–H groups in total. The first-order chi connectivity index (χ1) is 14.2. The maximum atomic E-state index is 5.63. The van der Waals surface area contributed by atoms with E-state index in [0.717, 1.165) is 55.6 Å². The molecule has 0 amide bonds. The number of hydrogen-bond acceptors (Lipinski definition) is 4. The van der Waals surface area contributed by atoms with E-state index in [-0.39, 0.29) is 24.0 Å². The lowest BCUT2D eigenvalue weighted by Crippen LogP contribution is -2.48. The largest absolute Gasteiger partial charge is 0.494 e. The number of halogens is 1. The Morgan fingerprint density at radius 1 is 1.20 bits per heavy atom. The summed E-state index contributed by atoms with van der Waals surface area (Å²) in [5.74, 6) is 2.90. The SMILES string of the molecule is CCNC(=NCc1ccc(OCC)c(C)c1)NC1CCN(c2ccccn2)CC1.I. The van der Waals surface area contributed by atoms with E-state index in [1.807, 2.05) is 31.3 Å². The fraction of sp³-hybridized carbons (Fsp3) is 0.478. The summed E-state index contributed by atoms with van der Waals surface area (Å²) in [6.07, 6.45) is 4.00. The van der Waals surface area contributed by atoms with Crippen LogP contribution in [0.4, 0.5) is 5.82 Å². The lowest BCUT2D eigenvalue weighted by molar-refractivity contribution is 0.338. The van der Waals surface area contributed by atoms with Gasteiger partial charge < -0.3 is 20.3 Å². The number of aryl methyl sites for hydroxylation is 1. The average Bonchev–Trinajstić information content (AvgIpc) is 2.75. The van der Waals surface area contributed by atoms with Gasteiger partial charge in [0.2, 0.25) is 0 Å². The summed E-state index contributed by atoms with van der Waals surface area (Å²) < 4.78 is 5.63. The molecule has 1 aliphatic rings. The third kappa shape index (κ3) is 7.04. The molecule has 1 aliphatic heterocycles. The fourth-order valence-corrected chi connectivity index (χ4v) is 3.60. The molecule has 1 saturated heterocycles. The number of benzene rings is 1. The first-order valence-corrected chi connectivity index (χ1v) is 10.6. The molecule has 0 saturated carbocycles. The van der Waals surface area contributed by atoms with Crippen LogP contribution in [-0.4, -0.2) is 43.2 Å². The minimum atomic E-state index is 0. The molecule has 30 heavy (non-hydrogen) atoms. The lowest BCUT2D eigenvalue weighted by Gasteiger charge is -2.33. The van der Waals surface area contributed by atoms with Crippen molar-refractivity contribution in [3.63, 3.8) is 0 Å². The van der Waals surface area contributed by atoms with Crippen LogP contribution in [0.5, 0.6) is 5.75 Å². The average molecular weight is 523 g/mol. The monoisotopic (exact) mass is 523 g/mol. The van der Waals surface area contributed by atoms with Crippen molar-refractivity contribution >= 4 is 35.8 Å². The van der Waals surface area contributed by atoms with Crippen LogP contribution in [0, 0.1) is 6.92 Å².